The number of hydrogen-bond donors (Lipinski definition) is 2. The number of carbonyl (C=O) groups is 1. The van der Waals surface area contributed by atoms with E-state index in [9.17, 15) is 4.79 Å². The Balaban J connectivity index is 1.63. The molecule has 1 aromatic carbocycles. The summed E-state index contributed by atoms with van der Waals surface area (Å²) in [6.45, 7) is 3.79. The van der Waals surface area contributed by atoms with E-state index in [4.69, 9.17) is 4.74 Å². The predicted octanol–water partition coefficient (Wildman–Crippen LogP) is 2.19. The quantitative estimate of drug-likeness (QED) is 0.859. The maximum Gasteiger partial charge on any atom is 0.223 e. The molecule has 0 spiro atoms. The third-order valence-electron chi connectivity index (χ3n) is 5.71. The molecule has 2 atom stereocenters. The van der Waals surface area contributed by atoms with Crippen molar-refractivity contribution in [3.05, 3.63) is 29.8 Å². The minimum absolute atomic E-state index is 0.182. The zero-order valence-corrected chi connectivity index (χ0v) is 15.5. The lowest BCUT2D eigenvalue weighted by Crippen LogP contribution is -2.44. The number of methoxy groups -OCH3 is 1. The van der Waals surface area contributed by atoms with Crippen molar-refractivity contribution in [3.63, 3.8) is 0 Å². The molecule has 0 saturated carbocycles. The fourth-order valence-corrected chi connectivity index (χ4v) is 4.26. The molecule has 2 aliphatic heterocycles. The number of benzene rings is 1. The molecule has 2 saturated heterocycles. The number of piperidine rings is 2. The second kappa shape index (κ2) is 8.68. The van der Waals surface area contributed by atoms with Gasteiger partial charge in [-0.1, -0.05) is 12.1 Å². The van der Waals surface area contributed by atoms with Crippen molar-refractivity contribution in [3.8, 4) is 5.75 Å². The van der Waals surface area contributed by atoms with Crippen molar-refractivity contribution in [2.75, 3.05) is 40.3 Å². The molecule has 1 aromatic rings. The van der Waals surface area contributed by atoms with Crippen molar-refractivity contribution in [2.45, 2.75) is 31.7 Å². The Hall–Kier alpha value is -1.59. The normalized spacial score (nSPS) is 25.5. The Kier molecular flexibility index (Phi) is 6.32. The van der Waals surface area contributed by atoms with E-state index in [0.717, 1.165) is 51.2 Å². The van der Waals surface area contributed by atoms with Gasteiger partial charge < -0.3 is 15.4 Å². The highest BCUT2D eigenvalue weighted by Gasteiger charge is 2.31. The molecule has 3 rings (SSSR count). The molecule has 0 aliphatic carbocycles. The molecular weight excluding hydrogens is 314 g/mol. The van der Waals surface area contributed by atoms with Crippen LogP contribution < -0.4 is 15.4 Å². The number of nitrogens with one attached hydrogen (secondary N) is 2. The third-order valence-corrected chi connectivity index (χ3v) is 5.71. The summed E-state index contributed by atoms with van der Waals surface area (Å²) in [5.74, 6) is 1.76. The van der Waals surface area contributed by atoms with Gasteiger partial charge in [-0.25, -0.2) is 0 Å². The van der Waals surface area contributed by atoms with E-state index in [1.165, 1.54) is 12.0 Å². The average molecular weight is 345 g/mol. The second-order valence-corrected chi connectivity index (χ2v) is 7.37. The second-order valence-electron chi connectivity index (χ2n) is 7.37. The van der Waals surface area contributed by atoms with Crippen molar-refractivity contribution >= 4 is 5.91 Å². The molecule has 0 aromatic heterocycles. The first kappa shape index (κ1) is 18.2. The van der Waals surface area contributed by atoms with Crippen LogP contribution in [0.25, 0.3) is 0 Å². The molecule has 1 amide bonds. The number of carbonyl (C=O) groups excluding carboxylic acids is 1. The van der Waals surface area contributed by atoms with E-state index in [-0.39, 0.29) is 11.8 Å². The molecule has 138 valence electrons. The summed E-state index contributed by atoms with van der Waals surface area (Å²) < 4.78 is 5.28. The smallest absolute Gasteiger partial charge is 0.223 e. The maximum absolute atomic E-state index is 12.5. The van der Waals surface area contributed by atoms with Crippen LogP contribution in [0.1, 0.15) is 37.3 Å². The third kappa shape index (κ3) is 4.53. The summed E-state index contributed by atoms with van der Waals surface area (Å²) in [4.78, 5) is 14.9. The van der Waals surface area contributed by atoms with Gasteiger partial charge in [0.15, 0.2) is 0 Å². The standard InChI is InChI=1S/C20H31N3O2/c1-23-13-3-4-17(14-22-20(24)16-9-11-21-12-10-16)19(23)15-5-7-18(25-2)8-6-15/h5-8,16-17,19,21H,3-4,9-14H2,1-2H3,(H,22,24)/t17-,19+/m1/s1. The molecule has 2 N–H and O–H groups in total. The van der Waals surface area contributed by atoms with Crippen LogP contribution in [0.4, 0.5) is 0 Å². The number of rotatable bonds is 5. The molecule has 5 nitrogen and oxygen atoms in total. The topological polar surface area (TPSA) is 53.6 Å². The summed E-state index contributed by atoms with van der Waals surface area (Å²) >= 11 is 0. The molecular formula is C20H31N3O2. The van der Waals surface area contributed by atoms with Gasteiger partial charge in [0, 0.05) is 18.5 Å². The highest BCUT2D eigenvalue weighted by Crippen LogP contribution is 2.35. The van der Waals surface area contributed by atoms with Gasteiger partial charge in [-0.2, -0.15) is 0 Å². The highest BCUT2D eigenvalue weighted by molar-refractivity contribution is 5.78. The first-order valence-corrected chi connectivity index (χ1v) is 9.51. The van der Waals surface area contributed by atoms with E-state index in [1.54, 1.807) is 7.11 Å². The van der Waals surface area contributed by atoms with Gasteiger partial charge in [-0.05, 0) is 76.0 Å². The lowest BCUT2D eigenvalue weighted by atomic mass is 9.84. The minimum atomic E-state index is 0.182. The molecule has 0 bridgehead atoms. The molecule has 0 unspecified atom stereocenters. The van der Waals surface area contributed by atoms with Crippen LogP contribution in [0, 0.1) is 11.8 Å². The zero-order chi connectivity index (χ0) is 17.6. The summed E-state index contributed by atoms with van der Waals surface area (Å²) in [6.07, 6.45) is 4.27. The number of amides is 1. The summed E-state index contributed by atoms with van der Waals surface area (Å²) in [5.41, 5.74) is 1.31. The fourth-order valence-electron chi connectivity index (χ4n) is 4.26. The Morgan fingerprint density at radius 3 is 2.64 bits per heavy atom. The van der Waals surface area contributed by atoms with Gasteiger partial charge in [0.1, 0.15) is 5.75 Å². The number of nitrogens with zero attached hydrogens (tertiary/aromatic N) is 1. The molecule has 2 aliphatic rings. The Labute approximate surface area is 151 Å². The van der Waals surface area contributed by atoms with Gasteiger partial charge in [-0.15, -0.1) is 0 Å². The molecule has 0 radical (unpaired) electrons. The van der Waals surface area contributed by atoms with Crippen LogP contribution in [-0.2, 0) is 4.79 Å². The van der Waals surface area contributed by atoms with Crippen molar-refractivity contribution < 1.29 is 9.53 Å². The van der Waals surface area contributed by atoms with Gasteiger partial charge in [-0.3, -0.25) is 9.69 Å². The van der Waals surface area contributed by atoms with Gasteiger partial charge in [0.05, 0.1) is 7.11 Å². The largest absolute Gasteiger partial charge is 0.497 e. The zero-order valence-electron chi connectivity index (χ0n) is 15.5. The Bertz CT molecular complexity index is 555. The monoisotopic (exact) mass is 345 g/mol. The predicted molar refractivity (Wildman–Crippen MR) is 99.7 cm³/mol. The molecule has 2 fully saturated rings. The van der Waals surface area contributed by atoms with Crippen LogP contribution >= 0.6 is 0 Å². The van der Waals surface area contributed by atoms with Crippen LogP contribution in [0.3, 0.4) is 0 Å². The van der Waals surface area contributed by atoms with Crippen LogP contribution in [0.5, 0.6) is 5.75 Å². The number of ether oxygens (including phenoxy) is 1. The van der Waals surface area contributed by atoms with E-state index < -0.39 is 0 Å². The van der Waals surface area contributed by atoms with Crippen LogP contribution in [0.2, 0.25) is 0 Å². The Morgan fingerprint density at radius 1 is 1.24 bits per heavy atom. The van der Waals surface area contributed by atoms with Crippen molar-refractivity contribution in [2.24, 2.45) is 11.8 Å². The number of likely N-dealkylation sites (tertiary alicyclic amines) is 1. The first-order valence-electron chi connectivity index (χ1n) is 9.51. The maximum atomic E-state index is 12.5. The lowest BCUT2D eigenvalue weighted by Gasteiger charge is -2.40. The molecule has 25 heavy (non-hydrogen) atoms. The van der Waals surface area contributed by atoms with Crippen molar-refractivity contribution in [1.82, 2.24) is 15.5 Å². The lowest BCUT2D eigenvalue weighted by molar-refractivity contribution is -0.126. The minimum Gasteiger partial charge on any atom is -0.497 e. The van der Waals surface area contributed by atoms with E-state index in [0.29, 0.717) is 12.0 Å². The van der Waals surface area contributed by atoms with Gasteiger partial charge >= 0.3 is 0 Å². The van der Waals surface area contributed by atoms with Crippen LogP contribution in [-0.4, -0.2) is 51.1 Å². The van der Waals surface area contributed by atoms with E-state index >= 15 is 0 Å². The van der Waals surface area contributed by atoms with Crippen molar-refractivity contribution in [1.29, 1.82) is 0 Å². The van der Waals surface area contributed by atoms with Gasteiger partial charge in [0.25, 0.3) is 0 Å². The molecule has 5 heteroatoms. The van der Waals surface area contributed by atoms with Gasteiger partial charge in [0.2, 0.25) is 5.91 Å². The Morgan fingerprint density at radius 2 is 1.96 bits per heavy atom. The van der Waals surface area contributed by atoms with Crippen LogP contribution in [0.15, 0.2) is 24.3 Å². The first-order chi connectivity index (χ1) is 12.2. The van der Waals surface area contributed by atoms with E-state index in [2.05, 4.69) is 34.7 Å². The summed E-state index contributed by atoms with van der Waals surface area (Å²) in [7, 11) is 3.89. The number of hydrogen-bond acceptors (Lipinski definition) is 4. The average Bonchev–Trinajstić information content (AvgIpc) is 2.67. The summed E-state index contributed by atoms with van der Waals surface area (Å²) in [6, 6.07) is 8.73. The highest BCUT2D eigenvalue weighted by atomic mass is 16.5. The summed E-state index contributed by atoms with van der Waals surface area (Å²) in [5, 5.41) is 6.57. The fraction of sp³-hybridized carbons (Fsp3) is 0.650. The molecule has 2 heterocycles. The SMILES string of the molecule is COc1ccc([C@H]2[C@@H](CNC(=O)C3CCNCC3)CCCN2C)cc1. The van der Waals surface area contributed by atoms with E-state index in [1.807, 2.05) is 12.1 Å².